The van der Waals surface area contributed by atoms with Crippen LogP contribution in [0.1, 0.15) is 37.5 Å². The van der Waals surface area contributed by atoms with E-state index in [1.807, 2.05) is 0 Å². The zero-order chi connectivity index (χ0) is 19.0. The maximum absolute atomic E-state index is 12.3. The molecule has 2 amide bonds. The molecule has 0 saturated carbocycles. The third-order valence-electron chi connectivity index (χ3n) is 4.30. The van der Waals surface area contributed by atoms with Gasteiger partial charge in [-0.2, -0.15) is 0 Å². The van der Waals surface area contributed by atoms with Crippen molar-refractivity contribution in [3.8, 4) is 11.5 Å². The Hall–Kier alpha value is -3.06. The van der Waals surface area contributed by atoms with Crippen LogP contribution in [0, 0.1) is 0 Å². The number of hydrogen-bond acceptors (Lipinski definition) is 6. The van der Waals surface area contributed by atoms with Gasteiger partial charge in [0.25, 0.3) is 11.8 Å². The molecule has 0 atom stereocenters. The number of benzene rings is 2. The average molecular weight is 388 g/mol. The molecule has 7 nitrogen and oxygen atoms in total. The van der Waals surface area contributed by atoms with Crippen LogP contribution in [0.25, 0.3) is 0 Å². The molecule has 0 saturated heterocycles. The number of carbonyl (C=O) groups excluding carboxylic acids is 3. The average Bonchev–Trinajstić information content (AvgIpc) is 3.24. The third kappa shape index (κ3) is 3.10. The summed E-state index contributed by atoms with van der Waals surface area (Å²) in [7, 11) is 0. The number of halogens is 1. The monoisotopic (exact) mass is 387 g/mol. The summed E-state index contributed by atoms with van der Waals surface area (Å²) >= 11 is 6.05. The van der Waals surface area contributed by atoms with Gasteiger partial charge >= 0.3 is 5.97 Å². The standard InChI is InChI=1S/C19H14ClNO6/c20-14-8-11(9-15-16(14)27-10-26-15)19(24)25-7-3-6-21-17(22)12-4-1-2-5-13(12)18(21)23/h1-2,4-5,8-9H,3,6-7,10H2. The van der Waals surface area contributed by atoms with Crippen molar-refractivity contribution in [1.29, 1.82) is 0 Å². The Balaban J connectivity index is 1.32. The van der Waals surface area contributed by atoms with Crippen molar-refractivity contribution in [2.75, 3.05) is 19.9 Å². The molecule has 0 fully saturated rings. The topological polar surface area (TPSA) is 82.1 Å². The van der Waals surface area contributed by atoms with E-state index in [9.17, 15) is 14.4 Å². The summed E-state index contributed by atoms with van der Waals surface area (Å²) in [6, 6.07) is 9.62. The second-order valence-corrected chi connectivity index (χ2v) is 6.40. The van der Waals surface area contributed by atoms with Gasteiger partial charge in [-0.3, -0.25) is 14.5 Å². The molecule has 0 unspecified atom stereocenters. The van der Waals surface area contributed by atoms with E-state index in [0.29, 0.717) is 29.0 Å². The molecule has 0 radical (unpaired) electrons. The van der Waals surface area contributed by atoms with Gasteiger partial charge in [0.2, 0.25) is 6.79 Å². The molecule has 2 aromatic rings. The van der Waals surface area contributed by atoms with Crippen LogP contribution < -0.4 is 9.47 Å². The minimum Gasteiger partial charge on any atom is -0.462 e. The van der Waals surface area contributed by atoms with Crippen LogP contribution in [0.15, 0.2) is 36.4 Å². The molecule has 2 aliphatic rings. The van der Waals surface area contributed by atoms with Crippen molar-refractivity contribution in [3.05, 3.63) is 58.1 Å². The van der Waals surface area contributed by atoms with Crippen LogP contribution >= 0.6 is 11.6 Å². The molecule has 0 aromatic heterocycles. The zero-order valence-corrected chi connectivity index (χ0v) is 14.8. The van der Waals surface area contributed by atoms with Crippen LogP contribution in [-0.4, -0.2) is 42.6 Å². The smallest absolute Gasteiger partial charge is 0.338 e. The lowest BCUT2D eigenvalue weighted by Gasteiger charge is -2.13. The highest BCUT2D eigenvalue weighted by Crippen LogP contribution is 2.39. The SMILES string of the molecule is O=C(OCCCN1C(=O)c2ccccc2C1=O)c1cc(Cl)c2c(c1)OCO2. The van der Waals surface area contributed by atoms with Crippen molar-refractivity contribution in [2.24, 2.45) is 0 Å². The second kappa shape index (κ2) is 6.92. The molecule has 2 aromatic carbocycles. The van der Waals surface area contributed by atoms with Crippen LogP contribution in [-0.2, 0) is 4.74 Å². The molecule has 138 valence electrons. The number of hydrogen-bond donors (Lipinski definition) is 0. The van der Waals surface area contributed by atoms with Crippen molar-refractivity contribution in [2.45, 2.75) is 6.42 Å². The molecule has 0 N–H and O–H groups in total. The summed E-state index contributed by atoms with van der Waals surface area (Å²) in [6.45, 7) is 0.271. The van der Waals surface area contributed by atoms with Gasteiger partial charge in [-0.1, -0.05) is 23.7 Å². The molecule has 0 aliphatic carbocycles. The summed E-state index contributed by atoms with van der Waals surface area (Å²) in [6.07, 6.45) is 0.329. The van der Waals surface area contributed by atoms with Crippen molar-refractivity contribution >= 4 is 29.4 Å². The first-order valence-corrected chi connectivity index (χ1v) is 8.65. The highest BCUT2D eigenvalue weighted by molar-refractivity contribution is 6.32. The van der Waals surface area contributed by atoms with Crippen LogP contribution in [0.4, 0.5) is 0 Å². The molecule has 2 aliphatic heterocycles. The number of rotatable bonds is 5. The molecule has 8 heteroatoms. The number of imide groups is 1. The normalized spacial score (nSPS) is 14.5. The Morgan fingerprint density at radius 3 is 2.52 bits per heavy atom. The summed E-state index contributed by atoms with van der Waals surface area (Å²) in [5.41, 5.74) is 1.04. The van der Waals surface area contributed by atoms with Gasteiger partial charge in [-0.25, -0.2) is 4.79 Å². The van der Waals surface area contributed by atoms with E-state index in [1.54, 1.807) is 24.3 Å². The molecule has 27 heavy (non-hydrogen) atoms. The summed E-state index contributed by atoms with van der Waals surface area (Å²) in [4.78, 5) is 37.9. The van der Waals surface area contributed by atoms with Gasteiger partial charge in [-0.15, -0.1) is 0 Å². The summed E-state index contributed by atoms with van der Waals surface area (Å²) in [5, 5.41) is 0.267. The zero-order valence-electron chi connectivity index (χ0n) is 14.1. The molecule has 2 heterocycles. The van der Waals surface area contributed by atoms with E-state index in [1.165, 1.54) is 12.1 Å². The minimum atomic E-state index is -0.572. The van der Waals surface area contributed by atoms with Gasteiger partial charge in [0.05, 0.1) is 28.3 Å². The number of nitrogens with zero attached hydrogens (tertiary/aromatic N) is 1. The lowest BCUT2D eigenvalue weighted by atomic mass is 10.1. The Kier molecular flexibility index (Phi) is 4.45. The highest BCUT2D eigenvalue weighted by Gasteiger charge is 2.34. The molecule has 0 spiro atoms. The molecule has 4 rings (SSSR count). The fourth-order valence-corrected chi connectivity index (χ4v) is 3.26. The van der Waals surface area contributed by atoms with Gasteiger partial charge in [0.1, 0.15) is 0 Å². The summed E-state index contributed by atoms with van der Waals surface area (Å²) in [5.74, 6) is -0.439. The van der Waals surface area contributed by atoms with E-state index in [-0.39, 0.29) is 42.3 Å². The Morgan fingerprint density at radius 2 is 1.81 bits per heavy atom. The van der Waals surface area contributed by atoms with Crippen molar-refractivity contribution in [1.82, 2.24) is 4.90 Å². The van der Waals surface area contributed by atoms with E-state index in [2.05, 4.69) is 0 Å². The highest BCUT2D eigenvalue weighted by atomic mass is 35.5. The quantitative estimate of drug-likeness (QED) is 0.445. The molecule has 0 bridgehead atoms. The van der Waals surface area contributed by atoms with Crippen molar-refractivity contribution in [3.63, 3.8) is 0 Å². The van der Waals surface area contributed by atoms with Gasteiger partial charge in [0, 0.05) is 6.54 Å². The molecular formula is C19H14ClNO6. The predicted molar refractivity (Wildman–Crippen MR) is 94.3 cm³/mol. The van der Waals surface area contributed by atoms with Crippen LogP contribution in [0.3, 0.4) is 0 Å². The first kappa shape index (κ1) is 17.4. The van der Waals surface area contributed by atoms with E-state index in [4.69, 9.17) is 25.8 Å². The second-order valence-electron chi connectivity index (χ2n) is 5.99. The minimum absolute atomic E-state index is 0.0494. The molecular weight excluding hydrogens is 374 g/mol. The Bertz CT molecular complexity index is 922. The maximum Gasteiger partial charge on any atom is 0.338 e. The third-order valence-corrected chi connectivity index (χ3v) is 4.58. The van der Waals surface area contributed by atoms with E-state index < -0.39 is 5.97 Å². The number of carbonyl (C=O) groups is 3. The first-order chi connectivity index (χ1) is 13.1. The fraction of sp³-hybridized carbons (Fsp3) is 0.211. The number of ether oxygens (including phenoxy) is 3. The van der Waals surface area contributed by atoms with Crippen molar-refractivity contribution < 1.29 is 28.6 Å². The van der Waals surface area contributed by atoms with E-state index in [0.717, 1.165) is 4.90 Å². The predicted octanol–water partition coefficient (Wildman–Crippen LogP) is 2.91. The fourth-order valence-electron chi connectivity index (χ4n) is 3.00. The van der Waals surface area contributed by atoms with Gasteiger partial charge < -0.3 is 14.2 Å². The van der Waals surface area contributed by atoms with Crippen LogP contribution in [0.2, 0.25) is 5.02 Å². The lowest BCUT2D eigenvalue weighted by molar-refractivity contribution is 0.0482. The van der Waals surface area contributed by atoms with Gasteiger partial charge in [-0.05, 0) is 30.7 Å². The Morgan fingerprint density at radius 1 is 1.11 bits per heavy atom. The number of amides is 2. The maximum atomic E-state index is 12.3. The lowest BCUT2D eigenvalue weighted by Crippen LogP contribution is -2.31. The van der Waals surface area contributed by atoms with Gasteiger partial charge in [0.15, 0.2) is 11.5 Å². The summed E-state index contributed by atoms with van der Waals surface area (Å²) < 4.78 is 15.6. The first-order valence-electron chi connectivity index (χ1n) is 8.28. The number of fused-ring (bicyclic) bond motifs is 2. The Labute approximate surface area is 159 Å². The van der Waals surface area contributed by atoms with E-state index >= 15 is 0 Å². The number of esters is 1. The largest absolute Gasteiger partial charge is 0.462 e. The van der Waals surface area contributed by atoms with Crippen LogP contribution in [0.5, 0.6) is 11.5 Å².